The summed E-state index contributed by atoms with van der Waals surface area (Å²) in [5.41, 5.74) is 1.50. The van der Waals surface area contributed by atoms with Gasteiger partial charge in [0.15, 0.2) is 0 Å². The first-order valence-corrected chi connectivity index (χ1v) is 9.35. The van der Waals surface area contributed by atoms with Gasteiger partial charge < -0.3 is 10.0 Å². The molecule has 1 aliphatic rings. The molecule has 2 aromatic rings. The van der Waals surface area contributed by atoms with E-state index in [1.165, 1.54) is 12.1 Å². The minimum atomic E-state index is -0.816. The number of aromatic nitrogens is 1. The van der Waals surface area contributed by atoms with Crippen molar-refractivity contribution in [1.82, 2.24) is 4.98 Å². The Morgan fingerprint density at radius 3 is 2.59 bits per heavy atom. The molecule has 1 aromatic carbocycles. The van der Waals surface area contributed by atoms with Crippen LogP contribution in [0.5, 0.6) is 0 Å². The van der Waals surface area contributed by atoms with Crippen LogP contribution in [0.1, 0.15) is 49.5 Å². The first-order chi connectivity index (χ1) is 13.1. The molecule has 1 unspecified atom stereocenters. The van der Waals surface area contributed by atoms with Crippen molar-refractivity contribution >= 4 is 11.5 Å². The van der Waals surface area contributed by atoms with Gasteiger partial charge in [0.05, 0.1) is 16.7 Å². The van der Waals surface area contributed by atoms with Crippen LogP contribution in [0.15, 0.2) is 55.1 Å². The maximum atomic E-state index is 11.7. The summed E-state index contributed by atoms with van der Waals surface area (Å²) < 4.78 is 0. The second kappa shape index (κ2) is 8.77. The van der Waals surface area contributed by atoms with Crippen molar-refractivity contribution in [1.29, 1.82) is 0 Å². The lowest BCUT2D eigenvalue weighted by molar-refractivity contribution is -0.384. The van der Waals surface area contributed by atoms with Crippen LogP contribution in [0.3, 0.4) is 0 Å². The first-order valence-electron chi connectivity index (χ1n) is 9.35. The van der Waals surface area contributed by atoms with Gasteiger partial charge in [0, 0.05) is 18.7 Å². The average molecular weight is 367 g/mol. The second-order valence-corrected chi connectivity index (χ2v) is 6.93. The highest BCUT2D eigenvalue weighted by Crippen LogP contribution is 2.35. The van der Waals surface area contributed by atoms with E-state index >= 15 is 0 Å². The van der Waals surface area contributed by atoms with Gasteiger partial charge in [0.1, 0.15) is 0 Å². The van der Waals surface area contributed by atoms with E-state index in [9.17, 15) is 15.2 Å². The lowest BCUT2D eigenvalue weighted by Crippen LogP contribution is -2.34. The number of rotatable bonds is 8. The molecule has 1 fully saturated rings. The predicted octanol–water partition coefficient (Wildman–Crippen LogP) is 4.55. The van der Waals surface area contributed by atoms with E-state index < -0.39 is 6.10 Å². The maximum Gasteiger partial charge on any atom is 0.311 e. The number of benzene rings is 1. The third-order valence-corrected chi connectivity index (χ3v) is 5.04. The topological polar surface area (TPSA) is 79.5 Å². The zero-order chi connectivity index (χ0) is 19.2. The number of hydrogen-bond acceptors (Lipinski definition) is 5. The van der Waals surface area contributed by atoms with E-state index in [1.807, 2.05) is 35.2 Å². The molecule has 0 amide bonds. The highest BCUT2D eigenvalue weighted by Gasteiger charge is 2.30. The summed E-state index contributed by atoms with van der Waals surface area (Å²) in [6.07, 6.45) is 5.36. The monoisotopic (exact) mass is 367 g/mol. The van der Waals surface area contributed by atoms with Gasteiger partial charge in [-0.2, -0.15) is 0 Å². The van der Waals surface area contributed by atoms with Crippen LogP contribution in [-0.2, 0) is 6.54 Å². The Bertz CT molecular complexity index is 789. The van der Waals surface area contributed by atoms with Crippen molar-refractivity contribution in [3.63, 3.8) is 0 Å². The molecule has 1 aliphatic carbocycles. The molecule has 1 heterocycles. The molecule has 0 radical (unpaired) electrons. The molecule has 1 N–H and O–H groups in total. The minimum absolute atomic E-state index is 0.0209. The van der Waals surface area contributed by atoms with Crippen molar-refractivity contribution < 1.29 is 10.0 Å². The number of pyridine rings is 1. The van der Waals surface area contributed by atoms with Crippen molar-refractivity contribution in [3.05, 3.63) is 76.5 Å². The van der Waals surface area contributed by atoms with Gasteiger partial charge in [0.2, 0.25) is 5.82 Å². The molecular formula is C21H25N3O3. The quantitative estimate of drug-likeness (QED) is 0.421. The van der Waals surface area contributed by atoms with Gasteiger partial charge >= 0.3 is 5.69 Å². The molecule has 6 nitrogen and oxygen atoms in total. The number of aliphatic hydroxyl groups excluding tert-OH is 1. The van der Waals surface area contributed by atoms with Gasteiger partial charge in [-0.15, -0.1) is 6.58 Å². The molecule has 0 bridgehead atoms. The number of aliphatic hydroxyl groups is 1. The standard InChI is InChI=1S/C21H25N3O3/c1-2-8-20(25)18-13-14-19(24(26)27)21(22-18)23(17-11-6-7-12-17)15-16-9-4-3-5-10-16/h2-5,9-10,13-14,17,20,25H,1,6-8,11-12,15H2. The van der Waals surface area contributed by atoms with E-state index in [0.29, 0.717) is 24.5 Å². The van der Waals surface area contributed by atoms with Crippen LogP contribution in [0.2, 0.25) is 0 Å². The summed E-state index contributed by atoms with van der Waals surface area (Å²) in [6, 6.07) is 13.1. The maximum absolute atomic E-state index is 11.7. The SMILES string of the molecule is C=CCC(O)c1ccc([N+](=O)[O-])c(N(Cc2ccccc2)C2CCCC2)n1. The molecular weight excluding hydrogens is 342 g/mol. The Kier molecular flexibility index (Phi) is 6.19. The molecule has 0 spiro atoms. The van der Waals surface area contributed by atoms with E-state index in [2.05, 4.69) is 11.6 Å². The van der Waals surface area contributed by atoms with Crippen LogP contribution in [0, 0.1) is 10.1 Å². The van der Waals surface area contributed by atoms with Crippen molar-refractivity contribution in [2.45, 2.75) is 50.8 Å². The smallest absolute Gasteiger partial charge is 0.311 e. The van der Waals surface area contributed by atoms with Crippen molar-refractivity contribution in [3.8, 4) is 0 Å². The normalized spacial score (nSPS) is 15.4. The summed E-state index contributed by atoms with van der Waals surface area (Å²) >= 11 is 0. The fourth-order valence-corrected chi connectivity index (χ4v) is 3.65. The van der Waals surface area contributed by atoms with Gasteiger partial charge in [-0.05, 0) is 30.9 Å². The Labute approximate surface area is 159 Å². The Hall–Kier alpha value is -2.73. The Balaban J connectivity index is 2.03. The third kappa shape index (κ3) is 4.52. The molecule has 3 rings (SSSR count). The summed E-state index contributed by atoms with van der Waals surface area (Å²) in [7, 11) is 0. The summed E-state index contributed by atoms with van der Waals surface area (Å²) in [6.45, 7) is 4.20. The molecule has 1 saturated carbocycles. The van der Waals surface area contributed by atoms with Gasteiger partial charge in [0.25, 0.3) is 0 Å². The Morgan fingerprint density at radius 1 is 1.26 bits per heavy atom. The average Bonchev–Trinajstić information content (AvgIpc) is 3.21. The molecule has 6 heteroatoms. The molecule has 1 aromatic heterocycles. The molecule has 1 atom stereocenters. The zero-order valence-corrected chi connectivity index (χ0v) is 15.3. The van der Waals surface area contributed by atoms with Crippen LogP contribution >= 0.6 is 0 Å². The molecule has 142 valence electrons. The van der Waals surface area contributed by atoms with Gasteiger partial charge in [-0.3, -0.25) is 10.1 Å². The van der Waals surface area contributed by atoms with E-state index in [4.69, 9.17) is 0 Å². The Morgan fingerprint density at radius 2 is 1.96 bits per heavy atom. The second-order valence-electron chi connectivity index (χ2n) is 6.93. The summed E-state index contributed by atoms with van der Waals surface area (Å²) in [5, 5.41) is 21.9. The van der Waals surface area contributed by atoms with Gasteiger partial charge in [-0.25, -0.2) is 4.98 Å². The van der Waals surface area contributed by atoms with Crippen molar-refractivity contribution in [2.75, 3.05) is 4.90 Å². The summed E-state index contributed by atoms with van der Waals surface area (Å²) in [4.78, 5) is 17.9. The fourth-order valence-electron chi connectivity index (χ4n) is 3.65. The van der Waals surface area contributed by atoms with Crippen LogP contribution < -0.4 is 4.90 Å². The number of anilines is 1. The van der Waals surface area contributed by atoms with Crippen LogP contribution in [0.4, 0.5) is 11.5 Å². The largest absolute Gasteiger partial charge is 0.386 e. The number of hydrogen-bond donors (Lipinski definition) is 1. The van der Waals surface area contributed by atoms with Crippen molar-refractivity contribution in [2.24, 2.45) is 0 Å². The third-order valence-electron chi connectivity index (χ3n) is 5.04. The lowest BCUT2D eigenvalue weighted by Gasteiger charge is -2.30. The molecule has 0 aliphatic heterocycles. The zero-order valence-electron chi connectivity index (χ0n) is 15.3. The minimum Gasteiger partial charge on any atom is -0.386 e. The number of nitro groups is 1. The molecule has 0 saturated heterocycles. The van der Waals surface area contributed by atoms with E-state index in [1.54, 1.807) is 6.08 Å². The highest BCUT2D eigenvalue weighted by atomic mass is 16.6. The summed E-state index contributed by atoms with van der Waals surface area (Å²) in [5.74, 6) is 0.344. The number of nitrogens with zero attached hydrogens (tertiary/aromatic N) is 3. The predicted molar refractivity (Wildman–Crippen MR) is 106 cm³/mol. The van der Waals surface area contributed by atoms with E-state index in [0.717, 1.165) is 31.2 Å². The van der Waals surface area contributed by atoms with Gasteiger partial charge in [-0.1, -0.05) is 49.2 Å². The van der Waals surface area contributed by atoms with Crippen LogP contribution in [0.25, 0.3) is 0 Å². The first kappa shape index (κ1) is 19.0. The molecule has 27 heavy (non-hydrogen) atoms. The highest BCUT2D eigenvalue weighted by molar-refractivity contribution is 5.59. The lowest BCUT2D eigenvalue weighted by atomic mass is 10.1. The fraction of sp³-hybridized carbons (Fsp3) is 0.381. The van der Waals surface area contributed by atoms with E-state index in [-0.39, 0.29) is 16.7 Å². The van der Waals surface area contributed by atoms with Crippen LogP contribution in [-0.4, -0.2) is 21.1 Å².